The average molecular weight is 269 g/mol. The number of hydrogen-bond donors (Lipinski definition) is 1. The van der Waals surface area contributed by atoms with E-state index in [1.54, 1.807) is 12.1 Å². The first-order valence-electron chi connectivity index (χ1n) is 6.04. The van der Waals surface area contributed by atoms with Crippen molar-refractivity contribution in [1.82, 2.24) is 4.98 Å². The molecule has 2 heterocycles. The number of aromatic nitrogens is 1. The van der Waals surface area contributed by atoms with Gasteiger partial charge in [0.2, 0.25) is 0 Å². The molecule has 1 fully saturated rings. The largest absolute Gasteiger partial charge is 0.476 e. The van der Waals surface area contributed by atoms with Gasteiger partial charge in [0.05, 0.1) is 5.02 Å². The number of anilines is 1. The highest BCUT2D eigenvalue weighted by molar-refractivity contribution is 6.33. The Kier molecular flexibility index (Phi) is 3.48. The molecule has 1 saturated heterocycles. The van der Waals surface area contributed by atoms with E-state index in [4.69, 9.17) is 16.7 Å². The van der Waals surface area contributed by atoms with Gasteiger partial charge in [0.25, 0.3) is 0 Å². The third-order valence-corrected chi connectivity index (χ3v) is 3.78. The molecule has 0 bridgehead atoms. The number of pyridine rings is 1. The summed E-state index contributed by atoms with van der Waals surface area (Å²) in [6.07, 6.45) is 2.17. The van der Waals surface area contributed by atoms with Crippen LogP contribution in [0.25, 0.3) is 0 Å². The number of rotatable bonds is 2. The standard InChI is InChI=1S/C13H17ClN2O2/c1-13(2)5-7-16(8-6-13)10-4-3-9(14)11(15-10)12(17)18/h3-4H,5-8H2,1-2H3,(H,17,18). The minimum atomic E-state index is -1.08. The average Bonchev–Trinajstić information content (AvgIpc) is 2.30. The Balaban J connectivity index is 2.20. The summed E-state index contributed by atoms with van der Waals surface area (Å²) in [6, 6.07) is 3.39. The van der Waals surface area contributed by atoms with Crippen molar-refractivity contribution in [2.45, 2.75) is 26.7 Å². The van der Waals surface area contributed by atoms with Crippen molar-refractivity contribution < 1.29 is 9.90 Å². The van der Waals surface area contributed by atoms with E-state index in [-0.39, 0.29) is 10.7 Å². The number of piperidine rings is 1. The van der Waals surface area contributed by atoms with Crippen molar-refractivity contribution in [3.8, 4) is 0 Å². The molecule has 98 valence electrons. The normalized spacial score (nSPS) is 18.7. The Hall–Kier alpha value is -1.29. The van der Waals surface area contributed by atoms with Gasteiger partial charge in [-0.1, -0.05) is 25.4 Å². The number of nitrogens with zero attached hydrogens (tertiary/aromatic N) is 2. The Morgan fingerprint density at radius 3 is 2.56 bits per heavy atom. The van der Waals surface area contributed by atoms with Gasteiger partial charge < -0.3 is 10.0 Å². The molecule has 1 aliphatic heterocycles. The summed E-state index contributed by atoms with van der Waals surface area (Å²) in [6.45, 7) is 6.31. The van der Waals surface area contributed by atoms with Gasteiger partial charge in [0.1, 0.15) is 5.82 Å². The van der Waals surface area contributed by atoms with E-state index in [0.29, 0.717) is 11.2 Å². The molecule has 1 aromatic rings. The zero-order valence-corrected chi connectivity index (χ0v) is 11.4. The predicted octanol–water partition coefficient (Wildman–Crippen LogP) is 3.06. The summed E-state index contributed by atoms with van der Waals surface area (Å²) in [7, 11) is 0. The van der Waals surface area contributed by atoms with Gasteiger partial charge in [0.15, 0.2) is 5.69 Å². The number of halogens is 1. The fourth-order valence-corrected chi connectivity index (χ4v) is 2.29. The molecular weight excluding hydrogens is 252 g/mol. The third kappa shape index (κ3) is 2.75. The quantitative estimate of drug-likeness (QED) is 0.896. The highest BCUT2D eigenvalue weighted by Gasteiger charge is 2.26. The number of carbonyl (C=O) groups is 1. The van der Waals surface area contributed by atoms with Crippen LogP contribution >= 0.6 is 11.6 Å². The SMILES string of the molecule is CC1(C)CCN(c2ccc(Cl)c(C(=O)O)n2)CC1. The van der Waals surface area contributed by atoms with E-state index in [0.717, 1.165) is 25.9 Å². The number of carboxylic acid groups (broad SMARTS) is 1. The van der Waals surface area contributed by atoms with Gasteiger partial charge in [-0.15, -0.1) is 0 Å². The first-order valence-corrected chi connectivity index (χ1v) is 6.42. The van der Waals surface area contributed by atoms with Crippen LogP contribution in [-0.4, -0.2) is 29.1 Å². The second kappa shape index (κ2) is 4.76. The van der Waals surface area contributed by atoms with Crippen LogP contribution in [0.3, 0.4) is 0 Å². The van der Waals surface area contributed by atoms with Crippen LogP contribution in [0.15, 0.2) is 12.1 Å². The lowest BCUT2D eigenvalue weighted by Gasteiger charge is -2.37. The van der Waals surface area contributed by atoms with Gasteiger partial charge in [0, 0.05) is 13.1 Å². The summed E-state index contributed by atoms with van der Waals surface area (Å²) in [4.78, 5) is 17.3. The molecule has 0 aromatic carbocycles. The summed E-state index contributed by atoms with van der Waals surface area (Å²) in [5.74, 6) is -0.383. The first kappa shape index (κ1) is 13.1. The Morgan fingerprint density at radius 1 is 1.39 bits per heavy atom. The molecule has 1 N–H and O–H groups in total. The minimum absolute atomic E-state index is 0.0704. The lowest BCUT2D eigenvalue weighted by Crippen LogP contribution is -2.37. The summed E-state index contributed by atoms with van der Waals surface area (Å²) in [5.41, 5.74) is 0.289. The Labute approximate surface area is 112 Å². The van der Waals surface area contributed by atoms with Gasteiger partial charge in [-0.3, -0.25) is 0 Å². The number of aromatic carboxylic acids is 1. The van der Waals surface area contributed by atoms with Gasteiger partial charge in [-0.2, -0.15) is 0 Å². The summed E-state index contributed by atoms with van der Waals surface area (Å²) in [5, 5.41) is 9.19. The van der Waals surface area contributed by atoms with E-state index >= 15 is 0 Å². The molecule has 0 unspecified atom stereocenters. The number of carboxylic acids is 1. The molecule has 5 heteroatoms. The predicted molar refractivity (Wildman–Crippen MR) is 71.4 cm³/mol. The van der Waals surface area contributed by atoms with Crippen molar-refractivity contribution in [1.29, 1.82) is 0 Å². The molecule has 0 spiro atoms. The van der Waals surface area contributed by atoms with E-state index in [1.807, 2.05) is 0 Å². The van der Waals surface area contributed by atoms with E-state index in [1.165, 1.54) is 0 Å². The topological polar surface area (TPSA) is 53.4 Å². The van der Waals surface area contributed by atoms with E-state index in [2.05, 4.69) is 23.7 Å². The summed E-state index contributed by atoms with van der Waals surface area (Å²) >= 11 is 5.81. The van der Waals surface area contributed by atoms with Crippen LogP contribution < -0.4 is 4.90 Å². The third-order valence-electron chi connectivity index (χ3n) is 3.47. The molecule has 18 heavy (non-hydrogen) atoms. The highest BCUT2D eigenvalue weighted by Crippen LogP contribution is 2.32. The first-order chi connectivity index (χ1) is 8.39. The van der Waals surface area contributed by atoms with Gasteiger partial charge >= 0.3 is 5.97 Å². The van der Waals surface area contributed by atoms with Crippen LogP contribution in [0.1, 0.15) is 37.2 Å². The Morgan fingerprint density at radius 2 is 2.00 bits per heavy atom. The van der Waals surface area contributed by atoms with Crippen LogP contribution in [0.2, 0.25) is 5.02 Å². The number of hydrogen-bond acceptors (Lipinski definition) is 3. The molecule has 0 atom stereocenters. The smallest absolute Gasteiger partial charge is 0.356 e. The minimum Gasteiger partial charge on any atom is -0.476 e. The Bertz CT molecular complexity index is 464. The maximum absolute atomic E-state index is 11.0. The molecule has 4 nitrogen and oxygen atoms in total. The van der Waals surface area contributed by atoms with Gasteiger partial charge in [-0.25, -0.2) is 9.78 Å². The second-order valence-corrected chi connectivity index (χ2v) is 5.86. The lowest BCUT2D eigenvalue weighted by atomic mass is 9.83. The molecule has 0 aliphatic carbocycles. The second-order valence-electron chi connectivity index (χ2n) is 5.46. The summed E-state index contributed by atoms with van der Waals surface area (Å²) < 4.78 is 0. The van der Waals surface area contributed by atoms with E-state index < -0.39 is 5.97 Å². The molecular formula is C13H17ClN2O2. The maximum atomic E-state index is 11.0. The molecule has 1 aliphatic rings. The maximum Gasteiger partial charge on any atom is 0.356 e. The molecule has 1 aromatic heterocycles. The zero-order chi connectivity index (χ0) is 13.3. The van der Waals surface area contributed by atoms with Gasteiger partial charge in [-0.05, 0) is 30.4 Å². The molecule has 0 saturated carbocycles. The fraction of sp³-hybridized carbons (Fsp3) is 0.538. The van der Waals surface area contributed by atoms with E-state index in [9.17, 15) is 4.79 Å². The van der Waals surface area contributed by atoms with Crippen molar-refractivity contribution in [3.63, 3.8) is 0 Å². The van der Waals surface area contributed by atoms with Crippen molar-refractivity contribution in [2.75, 3.05) is 18.0 Å². The van der Waals surface area contributed by atoms with Crippen LogP contribution in [0, 0.1) is 5.41 Å². The van der Waals surface area contributed by atoms with Crippen LogP contribution in [-0.2, 0) is 0 Å². The molecule has 0 amide bonds. The molecule has 0 radical (unpaired) electrons. The van der Waals surface area contributed by atoms with Crippen LogP contribution in [0.5, 0.6) is 0 Å². The van der Waals surface area contributed by atoms with Crippen molar-refractivity contribution in [3.05, 3.63) is 22.8 Å². The van der Waals surface area contributed by atoms with Crippen molar-refractivity contribution >= 4 is 23.4 Å². The van der Waals surface area contributed by atoms with Crippen molar-refractivity contribution in [2.24, 2.45) is 5.41 Å². The lowest BCUT2D eigenvalue weighted by molar-refractivity contribution is 0.0690. The fourth-order valence-electron chi connectivity index (χ4n) is 2.10. The zero-order valence-electron chi connectivity index (χ0n) is 10.6. The highest BCUT2D eigenvalue weighted by atomic mass is 35.5. The molecule has 2 rings (SSSR count). The monoisotopic (exact) mass is 268 g/mol. The van der Waals surface area contributed by atoms with Crippen LogP contribution in [0.4, 0.5) is 5.82 Å².